The molecule has 4 N–H and O–H groups in total. The van der Waals surface area contributed by atoms with Crippen molar-refractivity contribution in [1.82, 2.24) is 0 Å². The third-order valence-corrected chi connectivity index (χ3v) is 2.55. The van der Waals surface area contributed by atoms with Crippen LogP contribution < -0.4 is 11.5 Å². The van der Waals surface area contributed by atoms with E-state index in [4.69, 9.17) is 11.5 Å². The van der Waals surface area contributed by atoms with Crippen molar-refractivity contribution in [2.45, 2.75) is 25.9 Å². The monoisotopic (exact) mass is 563 g/mol. The molecule has 0 bridgehead atoms. The van der Waals surface area contributed by atoms with Crippen molar-refractivity contribution in [2.75, 3.05) is 0 Å². The van der Waals surface area contributed by atoms with Crippen LogP contribution in [0.3, 0.4) is 0 Å². The van der Waals surface area contributed by atoms with Crippen molar-refractivity contribution in [3.05, 3.63) is 71.8 Å². The van der Waals surface area contributed by atoms with Gasteiger partial charge in [-0.3, -0.25) is 0 Å². The SMILES string of the molecule is C[C@H](N)c1[c-]cccc1.C[C@H](N)c1ccccc1.[I][Pt+]. The summed E-state index contributed by atoms with van der Waals surface area (Å²) in [6, 6.07) is 21.1. The Balaban J connectivity index is 0.000000321. The molecule has 0 unspecified atom stereocenters. The van der Waals surface area contributed by atoms with Crippen LogP contribution in [-0.4, -0.2) is 0 Å². The molecule has 4 heteroatoms. The predicted octanol–water partition coefficient (Wildman–Crippen LogP) is 4.10. The molecule has 112 valence electrons. The van der Waals surface area contributed by atoms with Crippen LogP contribution in [0.2, 0.25) is 0 Å². The molecule has 0 spiro atoms. The third kappa shape index (κ3) is 8.85. The Morgan fingerprint density at radius 2 is 1.45 bits per heavy atom. The zero-order chi connectivity index (χ0) is 15.4. The first-order valence-electron chi connectivity index (χ1n) is 6.26. The van der Waals surface area contributed by atoms with Gasteiger partial charge in [-0.05, 0) is 19.4 Å². The van der Waals surface area contributed by atoms with E-state index in [1.807, 2.05) is 68.4 Å². The summed E-state index contributed by atoms with van der Waals surface area (Å²) in [6.07, 6.45) is 0. The number of rotatable bonds is 2. The normalized spacial score (nSPS) is 12.2. The van der Waals surface area contributed by atoms with Crippen molar-refractivity contribution >= 4 is 19.4 Å². The zero-order valence-electron chi connectivity index (χ0n) is 11.7. The van der Waals surface area contributed by atoms with Gasteiger partial charge in [-0.15, -0.1) is 5.56 Å². The number of benzene rings is 2. The van der Waals surface area contributed by atoms with E-state index in [0.29, 0.717) is 0 Å². The van der Waals surface area contributed by atoms with Crippen molar-refractivity contribution in [1.29, 1.82) is 0 Å². The van der Waals surface area contributed by atoms with E-state index in [1.54, 1.807) is 0 Å². The molecule has 2 rings (SSSR count). The molecule has 0 saturated carbocycles. The van der Waals surface area contributed by atoms with Gasteiger partial charge in [0.2, 0.25) is 0 Å². The van der Waals surface area contributed by atoms with Gasteiger partial charge < -0.3 is 11.5 Å². The van der Waals surface area contributed by atoms with Crippen LogP contribution in [0, 0.1) is 6.07 Å². The quantitative estimate of drug-likeness (QED) is 0.428. The Labute approximate surface area is 144 Å². The molecule has 0 aromatic heterocycles. The molecule has 2 nitrogen and oxygen atoms in total. The van der Waals surface area contributed by atoms with Gasteiger partial charge in [-0.1, -0.05) is 30.3 Å². The molecule has 0 aliphatic carbocycles. The second kappa shape index (κ2) is 12.5. The van der Waals surface area contributed by atoms with E-state index >= 15 is 0 Å². The van der Waals surface area contributed by atoms with Gasteiger partial charge in [0.25, 0.3) is 0 Å². The Bertz CT molecular complexity index is 389. The van der Waals surface area contributed by atoms with E-state index in [1.165, 1.54) is 5.56 Å². The molecule has 2 aromatic carbocycles. The van der Waals surface area contributed by atoms with E-state index in [0.717, 1.165) is 5.56 Å². The molecule has 0 aliphatic heterocycles. The van der Waals surface area contributed by atoms with Crippen LogP contribution in [0.5, 0.6) is 0 Å². The van der Waals surface area contributed by atoms with Gasteiger partial charge in [0.1, 0.15) is 0 Å². The van der Waals surface area contributed by atoms with Crippen LogP contribution >= 0.6 is 19.4 Å². The summed E-state index contributed by atoms with van der Waals surface area (Å²) in [5.74, 6) is 0. The van der Waals surface area contributed by atoms with Gasteiger partial charge in [-0.25, -0.2) is 0 Å². The third-order valence-electron chi connectivity index (χ3n) is 2.55. The topological polar surface area (TPSA) is 52.0 Å². The number of hydrogen-bond acceptors (Lipinski definition) is 2. The molecular weight excluding hydrogens is 542 g/mol. The molecule has 20 heavy (non-hydrogen) atoms. The Morgan fingerprint density at radius 3 is 1.75 bits per heavy atom. The van der Waals surface area contributed by atoms with Crippen molar-refractivity contribution in [3.63, 3.8) is 0 Å². The average Bonchev–Trinajstić information content (AvgIpc) is 2.51. The minimum absolute atomic E-state index is 0.103. The van der Waals surface area contributed by atoms with Crippen LogP contribution in [0.1, 0.15) is 37.1 Å². The van der Waals surface area contributed by atoms with E-state index in [-0.39, 0.29) is 12.1 Å². The van der Waals surface area contributed by atoms with Crippen molar-refractivity contribution in [3.8, 4) is 0 Å². The standard InChI is InChI=1S/C8H11N.C8H10N.HI.Pt/c2*1-7(9)8-5-3-2-4-6-8;;/h2-7H,9H2,1H3;2-5,7H,9H2,1H3;1H;/q;-1;;+2/p-1/t2*7-;;/m00../s1. The summed E-state index contributed by atoms with van der Waals surface area (Å²) in [4.78, 5) is 0. The Morgan fingerprint density at radius 1 is 0.900 bits per heavy atom. The Kier molecular flexibility index (Phi) is 12.4. The number of halogens is 1. The second-order valence-electron chi connectivity index (χ2n) is 4.31. The summed E-state index contributed by atoms with van der Waals surface area (Å²) in [5.41, 5.74) is 13.5. The molecule has 0 fully saturated rings. The van der Waals surface area contributed by atoms with Crippen LogP contribution in [0.25, 0.3) is 0 Å². The van der Waals surface area contributed by atoms with Gasteiger partial charge >= 0.3 is 35.5 Å². The number of hydrogen-bond donors (Lipinski definition) is 2. The maximum absolute atomic E-state index is 5.61. The second-order valence-corrected chi connectivity index (χ2v) is 4.31. The van der Waals surface area contributed by atoms with E-state index < -0.39 is 0 Å². The molecule has 0 amide bonds. The summed E-state index contributed by atoms with van der Waals surface area (Å²) in [6.45, 7) is 3.93. The Hall–Kier alpha value is -0.222. The first-order valence-corrected chi connectivity index (χ1v) is 12.7. The van der Waals surface area contributed by atoms with Gasteiger partial charge in [-0.2, -0.15) is 30.3 Å². The maximum atomic E-state index is 5.61. The fraction of sp³-hybridized carbons (Fsp3) is 0.250. The molecule has 0 heterocycles. The van der Waals surface area contributed by atoms with Crippen LogP contribution in [-0.2, 0) is 16.1 Å². The first-order chi connectivity index (χ1) is 9.61. The zero-order valence-corrected chi connectivity index (χ0v) is 16.1. The fourth-order valence-corrected chi connectivity index (χ4v) is 1.45. The van der Waals surface area contributed by atoms with Crippen LogP contribution in [0.4, 0.5) is 0 Å². The summed E-state index contributed by atoms with van der Waals surface area (Å²) < 4.78 is 0. The average molecular weight is 563 g/mol. The summed E-state index contributed by atoms with van der Waals surface area (Å²) in [7, 11) is 0. The number of nitrogens with two attached hydrogens (primary N) is 2. The van der Waals surface area contributed by atoms with E-state index in [9.17, 15) is 0 Å². The first kappa shape index (κ1) is 19.8. The van der Waals surface area contributed by atoms with Gasteiger partial charge in [0, 0.05) is 12.1 Å². The van der Waals surface area contributed by atoms with E-state index in [2.05, 4.69) is 41.6 Å². The predicted molar refractivity (Wildman–Crippen MR) is 90.9 cm³/mol. The molecule has 2 atom stereocenters. The van der Waals surface area contributed by atoms with Crippen molar-refractivity contribution < 1.29 is 16.1 Å². The van der Waals surface area contributed by atoms with Gasteiger partial charge in [0.05, 0.1) is 0 Å². The molecule has 0 aliphatic rings. The summed E-state index contributed by atoms with van der Waals surface area (Å²) >= 11 is 4.23. The fourth-order valence-electron chi connectivity index (χ4n) is 1.45. The molecule has 0 saturated heterocycles. The summed E-state index contributed by atoms with van der Waals surface area (Å²) in [5, 5.41) is 0. The van der Waals surface area contributed by atoms with Crippen LogP contribution in [0.15, 0.2) is 54.6 Å². The molecule has 2 aromatic rings. The minimum atomic E-state index is 0.103. The molecular formula is C16H21IN2Pt. The van der Waals surface area contributed by atoms with Crippen molar-refractivity contribution in [2.24, 2.45) is 11.5 Å². The molecule has 0 radical (unpaired) electrons. The van der Waals surface area contributed by atoms with Gasteiger partial charge in [0.15, 0.2) is 0 Å².